The van der Waals surface area contributed by atoms with Crippen LogP contribution in [-0.2, 0) is 6.61 Å². The van der Waals surface area contributed by atoms with Gasteiger partial charge in [-0.2, -0.15) is 9.78 Å². The topological polar surface area (TPSA) is 65.7 Å². The van der Waals surface area contributed by atoms with Crippen molar-refractivity contribution in [3.63, 3.8) is 0 Å². The molecule has 0 aliphatic heterocycles. The summed E-state index contributed by atoms with van der Waals surface area (Å²) in [6.45, 7) is 2.87. The summed E-state index contributed by atoms with van der Waals surface area (Å²) in [6, 6.07) is 17.6. The smallest absolute Gasteiger partial charge is 0.282 e. The van der Waals surface area contributed by atoms with Crippen molar-refractivity contribution in [3.05, 3.63) is 94.4 Å². The van der Waals surface area contributed by atoms with E-state index in [0.717, 1.165) is 55.2 Å². The Balaban J connectivity index is 1.50. The summed E-state index contributed by atoms with van der Waals surface area (Å²) < 4.78 is 16.4. The molecule has 0 radical (unpaired) electrons. The lowest BCUT2D eigenvalue weighted by Crippen LogP contribution is -2.25. The van der Waals surface area contributed by atoms with Gasteiger partial charge in [0.25, 0.3) is 5.56 Å². The highest BCUT2D eigenvalue weighted by Gasteiger charge is 2.22. The summed E-state index contributed by atoms with van der Waals surface area (Å²) in [7, 11) is 0. The minimum absolute atomic E-state index is 0.160. The fraction of sp³-hybridized carbons (Fsp3) is 0.300. The van der Waals surface area contributed by atoms with Crippen molar-refractivity contribution < 1.29 is 9.47 Å². The molecule has 0 saturated heterocycles. The van der Waals surface area contributed by atoms with E-state index in [0.29, 0.717) is 35.6 Å². The van der Waals surface area contributed by atoms with Crippen LogP contribution in [0.5, 0.6) is 11.5 Å². The summed E-state index contributed by atoms with van der Waals surface area (Å²) in [5, 5.41) is 5.25. The molecule has 1 heterocycles. The van der Waals surface area contributed by atoms with Crippen molar-refractivity contribution in [3.8, 4) is 11.5 Å². The Hall–Kier alpha value is -2.24. The van der Waals surface area contributed by atoms with Crippen LogP contribution in [0, 0.1) is 3.57 Å². The molecule has 1 fully saturated rings. The average molecular weight is 765 g/mol. The number of ether oxygens (including phenoxy) is 2. The van der Waals surface area contributed by atoms with Gasteiger partial charge in [-0.05, 0) is 95.9 Å². The van der Waals surface area contributed by atoms with Gasteiger partial charge in [0.1, 0.15) is 12.4 Å². The van der Waals surface area contributed by atoms with E-state index in [-0.39, 0.29) is 11.5 Å². The second-order valence-electron chi connectivity index (χ2n) is 9.51. The molecular formula is C30H28Br2IN3O3. The lowest BCUT2D eigenvalue weighted by molar-refractivity contribution is 0.267. The maximum atomic E-state index is 13.6. The first kappa shape index (κ1) is 28.3. The summed E-state index contributed by atoms with van der Waals surface area (Å²) in [6.07, 6.45) is 7.24. The number of benzene rings is 3. The monoisotopic (exact) mass is 763 g/mol. The summed E-state index contributed by atoms with van der Waals surface area (Å²) in [5.74, 6) is 2.28. The number of hydrogen-bond acceptors (Lipinski definition) is 5. The van der Waals surface area contributed by atoms with Gasteiger partial charge in [-0.25, -0.2) is 4.98 Å². The third-order valence-corrected chi connectivity index (χ3v) is 8.58. The Kier molecular flexibility index (Phi) is 9.40. The molecule has 1 aliphatic carbocycles. The van der Waals surface area contributed by atoms with E-state index in [1.807, 2.05) is 61.5 Å². The van der Waals surface area contributed by atoms with Crippen molar-refractivity contribution in [2.45, 2.75) is 51.6 Å². The van der Waals surface area contributed by atoms with Crippen molar-refractivity contribution >= 4 is 71.6 Å². The summed E-state index contributed by atoms with van der Waals surface area (Å²) >= 11 is 9.21. The summed E-state index contributed by atoms with van der Waals surface area (Å²) in [5.41, 5.74) is 2.42. The minimum Gasteiger partial charge on any atom is -0.490 e. The Morgan fingerprint density at radius 1 is 1.03 bits per heavy atom. The van der Waals surface area contributed by atoms with E-state index in [1.54, 1.807) is 6.21 Å². The van der Waals surface area contributed by atoms with Gasteiger partial charge >= 0.3 is 0 Å². The van der Waals surface area contributed by atoms with E-state index >= 15 is 0 Å². The van der Waals surface area contributed by atoms with Gasteiger partial charge in [0.2, 0.25) is 0 Å². The van der Waals surface area contributed by atoms with Gasteiger partial charge < -0.3 is 9.47 Å². The molecule has 0 unspecified atom stereocenters. The Bertz CT molecular complexity index is 1570. The van der Waals surface area contributed by atoms with Gasteiger partial charge in [0.05, 0.1) is 27.3 Å². The van der Waals surface area contributed by atoms with Crippen LogP contribution in [0.15, 0.2) is 73.4 Å². The third-order valence-electron chi connectivity index (χ3n) is 6.75. The largest absolute Gasteiger partial charge is 0.490 e. The lowest BCUT2D eigenvalue weighted by atomic mass is 9.88. The van der Waals surface area contributed by atoms with E-state index in [4.69, 9.17) is 19.6 Å². The molecule has 0 spiro atoms. The van der Waals surface area contributed by atoms with Crippen molar-refractivity contribution in [1.82, 2.24) is 9.66 Å². The van der Waals surface area contributed by atoms with Crippen molar-refractivity contribution in [2.75, 3.05) is 6.61 Å². The van der Waals surface area contributed by atoms with E-state index in [2.05, 4.69) is 54.5 Å². The first-order valence-electron chi connectivity index (χ1n) is 13.0. The average Bonchev–Trinajstić information content (AvgIpc) is 2.94. The molecule has 4 aromatic rings. The first-order chi connectivity index (χ1) is 18.9. The maximum absolute atomic E-state index is 13.6. The molecule has 0 atom stereocenters. The second kappa shape index (κ2) is 13.0. The lowest BCUT2D eigenvalue weighted by Gasteiger charge is -2.22. The zero-order valence-electron chi connectivity index (χ0n) is 21.5. The Morgan fingerprint density at radius 3 is 2.51 bits per heavy atom. The van der Waals surface area contributed by atoms with Crippen LogP contribution in [0.3, 0.4) is 0 Å². The maximum Gasteiger partial charge on any atom is 0.282 e. The summed E-state index contributed by atoms with van der Waals surface area (Å²) in [4.78, 5) is 18.6. The predicted octanol–water partition coefficient (Wildman–Crippen LogP) is 8.43. The second-order valence-corrected chi connectivity index (χ2v) is 12.5. The molecule has 1 saturated carbocycles. The highest BCUT2D eigenvalue weighted by atomic mass is 127. The van der Waals surface area contributed by atoms with Gasteiger partial charge in [-0.1, -0.05) is 63.3 Å². The van der Waals surface area contributed by atoms with Crippen molar-refractivity contribution in [1.29, 1.82) is 0 Å². The van der Waals surface area contributed by atoms with E-state index in [1.165, 1.54) is 11.1 Å². The van der Waals surface area contributed by atoms with Crippen molar-refractivity contribution in [2.24, 2.45) is 5.10 Å². The molecule has 6 nitrogen and oxygen atoms in total. The van der Waals surface area contributed by atoms with E-state index < -0.39 is 0 Å². The highest BCUT2D eigenvalue weighted by molar-refractivity contribution is 14.1. The van der Waals surface area contributed by atoms with Crippen LogP contribution in [0.2, 0.25) is 0 Å². The molecule has 9 heteroatoms. The number of aromatic nitrogens is 2. The molecule has 202 valence electrons. The Morgan fingerprint density at radius 2 is 1.77 bits per heavy atom. The van der Waals surface area contributed by atoms with Crippen LogP contribution in [-0.4, -0.2) is 22.5 Å². The normalized spacial score (nSPS) is 14.3. The molecular weight excluding hydrogens is 737 g/mol. The molecule has 0 bridgehead atoms. The quantitative estimate of drug-likeness (QED) is 0.134. The molecule has 0 amide bonds. The molecule has 3 aromatic carbocycles. The molecule has 1 aromatic heterocycles. The predicted molar refractivity (Wildman–Crippen MR) is 171 cm³/mol. The molecule has 39 heavy (non-hydrogen) atoms. The fourth-order valence-electron chi connectivity index (χ4n) is 4.83. The fourth-order valence-corrected chi connectivity index (χ4v) is 6.24. The molecule has 1 aliphatic rings. The van der Waals surface area contributed by atoms with Gasteiger partial charge in [-0.15, -0.1) is 0 Å². The minimum atomic E-state index is -0.160. The van der Waals surface area contributed by atoms with Crippen LogP contribution >= 0.6 is 54.5 Å². The van der Waals surface area contributed by atoms with Crippen LogP contribution in [0.25, 0.3) is 10.9 Å². The third kappa shape index (κ3) is 6.74. The first-order valence-corrected chi connectivity index (χ1v) is 15.7. The SMILES string of the molecule is CCOc1cc(C=Nn2c(C3CCCCC3)nc3ccc(Br)cc3c2=O)cc(I)c1OCc1ccc(Br)cc1. The molecule has 0 N–H and O–H groups in total. The Labute approximate surface area is 258 Å². The number of nitrogens with zero attached hydrogens (tertiary/aromatic N) is 3. The zero-order chi connectivity index (χ0) is 27.4. The van der Waals surface area contributed by atoms with Crippen LogP contribution in [0.1, 0.15) is 61.9 Å². The number of rotatable bonds is 8. The molecule has 5 rings (SSSR count). The number of hydrogen-bond donors (Lipinski definition) is 0. The van der Waals surface area contributed by atoms with Crippen LogP contribution < -0.4 is 15.0 Å². The number of fused-ring (bicyclic) bond motifs is 1. The van der Waals surface area contributed by atoms with Gasteiger partial charge in [-0.3, -0.25) is 4.79 Å². The number of halogens is 3. The zero-order valence-corrected chi connectivity index (χ0v) is 26.8. The van der Waals surface area contributed by atoms with Crippen LogP contribution in [0.4, 0.5) is 0 Å². The van der Waals surface area contributed by atoms with Gasteiger partial charge in [0, 0.05) is 14.9 Å². The standard InChI is InChI=1S/C30H28Br2IN3O3/c1-2-38-27-15-20(14-25(33)28(27)39-18-19-8-10-22(31)11-9-19)17-34-36-29(21-6-4-3-5-7-21)35-26-13-12-23(32)16-24(26)30(36)37/h8-17,21H,2-7,18H2,1H3. The van der Waals surface area contributed by atoms with E-state index in [9.17, 15) is 4.79 Å². The van der Waals surface area contributed by atoms with Gasteiger partial charge in [0.15, 0.2) is 11.5 Å². The highest BCUT2D eigenvalue weighted by Crippen LogP contribution is 2.35.